The number of esters is 3. The van der Waals surface area contributed by atoms with Crippen LogP contribution in [0.5, 0.6) is 0 Å². The van der Waals surface area contributed by atoms with E-state index in [9.17, 15) is 14.4 Å². The van der Waals surface area contributed by atoms with Gasteiger partial charge in [-0.15, -0.1) is 0 Å². The fourth-order valence-corrected chi connectivity index (χ4v) is 10.1. The summed E-state index contributed by atoms with van der Waals surface area (Å²) in [5.74, 6) is -0.899. The molecule has 0 aliphatic rings. The highest BCUT2D eigenvalue weighted by molar-refractivity contribution is 5.71. The maximum atomic E-state index is 12.9. The van der Waals surface area contributed by atoms with Gasteiger partial charge in [0.05, 0.1) is 0 Å². The summed E-state index contributed by atoms with van der Waals surface area (Å²) in [6.45, 7) is 6.53. The predicted octanol–water partition coefficient (Wildman–Crippen LogP) is 23.7. The first kappa shape index (κ1) is 75.8. The molecule has 0 rings (SSSR count). The van der Waals surface area contributed by atoms with E-state index in [4.69, 9.17) is 14.2 Å². The standard InChI is InChI=1S/C73H130O6/c1-4-7-10-13-16-19-22-25-28-31-32-33-34-35-36-37-38-39-40-43-45-48-51-54-57-60-63-66-72(75)78-69-70(79-73(76)67-64-61-58-55-52-49-46-42-30-27-24-21-18-15-12-9-6-3)68-77-71(74)65-62-59-56-53-50-47-44-41-29-26-23-20-17-14-11-8-5-2/h9,12,17-18,20-21,26-27,29-30,46,49,70H,4-8,10-11,13-16,19,22-25,28,31-45,47-48,50-69H2,1-3H3/b12-9-,20-17-,21-18-,29-26-,30-27-,49-46-. The monoisotopic (exact) mass is 1100 g/mol. The summed E-state index contributed by atoms with van der Waals surface area (Å²) in [5.41, 5.74) is 0. The Kier molecular flexibility index (Phi) is 64.7. The highest BCUT2D eigenvalue weighted by atomic mass is 16.6. The number of hydrogen-bond donors (Lipinski definition) is 0. The zero-order chi connectivity index (χ0) is 57.1. The predicted molar refractivity (Wildman–Crippen MR) is 344 cm³/mol. The highest BCUT2D eigenvalue weighted by Crippen LogP contribution is 2.18. The van der Waals surface area contributed by atoms with Crippen LogP contribution >= 0.6 is 0 Å². The largest absolute Gasteiger partial charge is 0.462 e. The van der Waals surface area contributed by atoms with E-state index in [0.29, 0.717) is 19.3 Å². The van der Waals surface area contributed by atoms with E-state index < -0.39 is 6.10 Å². The molecule has 0 aromatic rings. The van der Waals surface area contributed by atoms with Crippen molar-refractivity contribution in [3.8, 4) is 0 Å². The van der Waals surface area contributed by atoms with Crippen LogP contribution in [-0.4, -0.2) is 37.2 Å². The molecule has 0 N–H and O–H groups in total. The zero-order valence-corrected chi connectivity index (χ0v) is 52.6. The molecule has 1 unspecified atom stereocenters. The van der Waals surface area contributed by atoms with Gasteiger partial charge in [0.25, 0.3) is 0 Å². The van der Waals surface area contributed by atoms with Crippen molar-refractivity contribution in [2.45, 2.75) is 361 Å². The smallest absolute Gasteiger partial charge is 0.306 e. The van der Waals surface area contributed by atoms with Gasteiger partial charge in [0.15, 0.2) is 6.10 Å². The molecule has 0 amide bonds. The van der Waals surface area contributed by atoms with E-state index in [2.05, 4.69) is 93.7 Å². The van der Waals surface area contributed by atoms with Crippen molar-refractivity contribution < 1.29 is 28.6 Å². The van der Waals surface area contributed by atoms with Gasteiger partial charge >= 0.3 is 17.9 Å². The molecule has 6 nitrogen and oxygen atoms in total. The lowest BCUT2D eigenvalue weighted by Gasteiger charge is -2.18. The molecule has 0 bridgehead atoms. The topological polar surface area (TPSA) is 78.9 Å². The van der Waals surface area contributed by atoms with E-state index in [1.165, 1.54) is 205 Å². The van der Waals surface area contributed by atoms with Gasteiger partial charge in [-0.05, 0) is 89.9 Å². The summed E-state index contributed by atoms with van der Waals surface area (Å²) < 4.78 is 16.9. The number of carbonyl (C=O) groups is 3. The second-order valence-corrected chi connectivity index (χ2v) is 23.1. The summed E-state index contributed by atoms with van der Waals surface area (Å²) in [4.78, 5) is 38.4. The third kappa shape index (κ3) is 65.5. The normalized spacial score (nSPS) is 12.5. The Hall–Kier alpha value is -3.15. The first-order valence-electron chi connectivity index (χ1n) is 34.4. The Morgan fingerprint density at radius 1 is 0.266 bits per heavy atom. The van der Waals surface area contributed by atoms with Gasteiger partial charge < -0.3 is 14.2 Å². The molecule has 0 aliphatic carbocycles. The summed E-state index contributed by atoms with van der Waals surface area (Å²) >= 11 is 0. The third-order valence-electron chi connectivity index (χ3n) is 15.2. The average Bonchev–Trinajstić information content (AvgIpc) is 3.45. The number of carbonyl (C=O) groups excluding carboxylic acids is 3. The first-order valence-corrected chi connectivity index (χ1v) is 34.4. The van der Waals surface area contributed by atoms with Crippen LogP contribution in [0.25, 0.3) is 0 Å². The molecule has 0 heterocycles. The van der Waals surface area contributed by atoms with Crippen molar-refractivity contribution in [3.63, 3.8) is 0 Å². The molecule has 0 aromatic carbocycles. The SMILES string of the molecule is CC/C=C\C/C=C\C/C=C\C/C=C\CCCCCCC(=O)OC(COC(=O)CCCCCCCCC/C=C\C/C=C\CCCCC)COC(=O)CCCCCCCCCCCCCCCCCCCCCCCCCCCCC. The number of ether oxygens (including phenoxy) is 3. The Morgan fingerprint density at radius 2 is 0.494 bits per heavy atom. The highest BCUT2D eigenvalue weighted by Gasteiger charge is 2.19. The van der Waals surface area contributed by atoms with Gasteiger partial charge in [0, 0.05) is 19.3 Å². The van der Waals surface area contributed by atoms with Crippen molar-refractivity contribution in [3.05, 3.63) is 72.9 Å². The van der Waals surface area contributed by atoms with Gasteiger partial charge in [-0.1, -0.05) is 318 Å². The van der Waals surface area contributed by atoms with Crippen molar-refractivity contribution >= 4 is 17.9 Å². The molecule has 0 saturated carbocycles. The van der Waals surface area contributed by atoms with E-state index in [-0.39, 0.29) is 31.1 Å². The maximum absolute atomic E-state index is 12.9. The number of unbranched alkanes of at least 4 members (excludes halogenated alkanes) is 40. The maximum Gasteiger partial charge on any atom is 0.306 e. The molecule has 0 saturated heterocycles. The molecule has 0 aliphatic heterocycles. The van der Waals surface area contributed by atoms with Gasteiger partial charge in [-0.2, -0.15) is 0 Å². The van der Waals surface area contributed by atoms with Gasteiger partial charge in [0.2, 0.25) is 0 Å². The molecule has 458 valence electrons. The first-order chi connectivity index (χ1) is 39.0. The Morgan fingerprint density at radius 3 is 0.797 bits per heavy atom. The summed E-state index contributed by atoms with van der Waals surface area (Å²) in [6.07, 6.45) is 87.9. The van der Waals surface area contributed by atoms with Gasteiger partial charge in [0.1, 0.15) is 13.2 Å². The summed E-state index contributed by atoms with van der Waals surface area (Å²) in [6, 6.07) is 0. The molecular weight excluding hydrogens is 973 g/mol. The molecule has 0 aromatic heterocycles. The minimum atomic E-state index is -0.792. The van der Waals surface area contributed by atoms with Crippen molar-refractivity contribution in [1.82, 2.24) is 0 Å². The van der Waals surface area contributed by atoms with E-state index in [1.54, 1.807) is 0 Å². The van der Waals surface area contributed by atoms with Crippen molar-refractivity contribution in [2.24, 2.45) is 0 Å². The van der Waals surface area contributed by atoms with E-state index >= 15 is 0 Å². The third-order valence-corrected chi connectivity index (χ3v) is 15.2. The Labute approximate surface area is 491 Å². The van der Waals surface area contributed by atoms with Gasteiger partial charge in [-0.3, -0.25) is 14.4 Å². The number of hydrogen-bond acceptors (Lipinski definition) is 6. The van der Waals surface area contributed by atoms with Crippen LogP contribution in [0, 0.1) is 0 Å². The van der Waals surface area contributed by atoms with Gasteiger partial charge in [-0.25, -0.2) is 0 Å². The van der Waals surface area contributed by atoms with E-state index in [0.717, 1.165) is 109 Å². The van der Waals surface area contributed by atoms with Crippen LogP contribution < -0.4 is 0 Å². The second-order valence-electron chi connectivity index (χ2n) is 23.1. The van der Waals surface area contributed by atoms with Crippen molar-refractivity contribution in [2.75, 3.05) is 13.2 Å². The lowest BCUT2D eigenvalue weighted by molar-refractivity contribution is -0.167. The second kappa shape index (κ2) is 67.4. The fourth-order valence-electron chi connectivity index (χ4n) is 10.1. The quantitative estimate of drug-likeness (QED) is 0.0261. The minimum absolute atomic E-state index is 0.0851. The van der Waals surface area contributed by atoms with Crippen LogP contribution in [0.15, 0.2) is 72.9 Å². The van der Waals surface area contributed by atoms with Crippen LogP contribution in [0.3, 0.4) is 0 Å². The van der Waals surface area contributed by atoms with Crippen LogP contribution in [-0.2, 0) is 28.6 Å². The number of rotatable bonds is 63. The minimum Gasteiger partial charge on any atom is -0.462 e. The molecule has 1 atom stereocenters. The van der Waals surface area contributed by atoms with Crippen LogP contribution in [0.4, 0.5) is 0 Å². The molecule has 0 spiro atoms. The summed E-state index contributed by atoms with van der Waals surface area (Å²) in [7, 11) is 0. The lowest BCUT2D eigenvalue weighted by Crippen LogP contribution is -2.30. The lowest BCUT2D eigenvalue weighted by atomic mass is 10.0. The summed E-state index contributed by atoms with van der Waals surface area (Å²) in [5, 5.41) is 0. The molecule has 6 heteroatoms. The molecule has 79 heavy (non-hydrogen) atoms. The van der Waals surface area contributed by atoms with Crippen LogP contribution in [0.2, 0.25) is 0 Å². The average molecular weight is 1100 g/mol. The zero-order valence-electron chi connectivity index (χ0n) is 52.6. The molecule has 0 fully saturated rings. The Bertz CT molecular complexity index is 1450. The van der Waals surface area contributed by atoms with Crippen LogP contribution in [0.1, 0.15) is 355 Å². The number of allylic oxidation sites excluding steroid dienone is 12. The Balaban J connectivity index is 4.29. The van der Waals surface area contributed by atoms with E-state index in [1.807, 2.05) is 0 Å². The molecular formula is C73H130O6. The molecule has 0 radical (unpaired) electrons. The fraction of sp³-hybridized carbons (Fsp3) is 0.795. The van der Waals surface area contributed by atoms with Crippen molar-refractivity contribution in [1.29, 1.82) is 0 Å².